The van der Waals surface area contributed by atoms with Gasteiger partial charge in [-0.1, -0.05) is 30.7 Å². The number of hydrogen-bond donors (Lipinski definition) is 2. The van der Waals surface area contributed by atoms with Gasteiger partial charge < -0.3 is 10.6 Å². The molecule has 0 bridgehead atoms. The van der Waals surface area contributed by atoms with E-state index in [4.69, 9.17) is 11.6 Å². The predicted molar refractivity (Wildman–Crippen MR) is 75.8 cm³/mol. The number of hydrogen-bond acceptors (Lipinski definition) is 2. The van der Waals surface area contributed by atoms with Crippen LogP contribution < -0.4 is 10.6 Å². The van der Waals surface area contributed by atoms with E-state index < -0.39 is 0 Å². The van der Waals surface area contributed by atoms with E-state index in [1.165, 1.54) is 0 Å². The third-order valence-electron chi connectivity index (χ3n) is 2.94. The first-order valence-electron chi connectivity index (χ1n) is 6.31. The Balaban J connectivity index is 2.41. The Morgan fingerprint density at radius 2 is 2.11 bits per heavy atom. The van der Waals surface area contributed by atoms with Crippen molar-refractivity contribution < 1.29 is 4.79 Å². The van der Waals surface area contributed by atoms with Gasteiger partial charge in [0.15, 0.2) is 0 Å². The molecular formula is C14H21ClN2O. The van der Waals surface area contributed by atoms with Gasteiger partial charge in [0, 0.05) is 17.1 Å². The second-order valence-electron chi connectivity index (χ2n) is 4.53. The average molecular weight is 269 g/mol. The molecule has 0 radical (unpaired) electrons. The van der Waals surface area contributed by atoms with Gasteiger partial charge in [-0.25, -0.2) is 0 Å². The highest BCUT2D eigenvalue weighted by Gasteiger charge is 2.09. The second-order valence-corrected chi connectivity index (χ2v) is 4.97. The fourth-order valence-electron chi connectivity index (χ4n) is 1.57. The van der Waals surface area contributed by atoms with Crippen LogP contribution >= 0.6 is 11.6 Å². The molecule has 0 heterocycles. The molecule has 1 amide bonds. The van der Waals surface area contributed by atoms with Gasteiger partial charge in [0.25, 0.3) is 0 Å². The fourth-order valence-corrected chi connectivity index (χ4v) is 1.77. The van der Waals surface area contributed by atoms with Crippen LogP contribution in [0.15, 0.2) is 24.3 Å². The zero-order valence-corrected chi connectivity index (χ0v) is 11.9. The van der Waals surface area contributed by atoms with Gasteiger partial charge in [0.1, 0.15) is 0 Å². The molecule has 1 unspecified atom stereocenters. The molecule has 0 aliphatic heterocycles. The first-order valence-corrected chi connectivity index (χ1v) is 6.69. The average Bonchev–Trinajstić information content (AvgIpc) is 2.35. The molecule has 2 N–H and O–H groups in total. The van der Waals surface area contributed by atoms with Crippen molar-refractivity contribution in [3.63, 3.8) is 0 Å². The third-order valence-corrected chi connectivity index (χ3v) is 3.17. The highest BCUT2D eigenvalue weighted by Crippen LogP contribution is 2.16. The Hall–Kier alpha value is -1.06. The molecule has 0 spiro atoms. The standard InChI is InChI=1S/C14H21ClN2O/c1-4-10(2)17-14(18)9-16-11(3)12-6-5-7-13(15)8-12/h5-8,10-11,16H,4,9H2,1-3H3,(H,17,18)/t10?,11-/m1/s1. The van der Waals surface area contributed by atoms with Crippen molar-refractivity contribution in [1.82, 2.24) is 10.6 Å². The molecule has 100 valence electrons. The summed E-state index contributed by atoms with van der Waals surface area (Å²) < 4.78 is 0. The van der Waals surface area contributed by atoms with E-state index in [9.17, 15) is 4.79 Å². The summed E-state index contributed by atoms with van der Waals surface area (Å²) in [4.78, 5) is 11.6. The van der Waals surface area contributed by atoms with E-state index in [0.29, 0.717) is 11.6 Å². The molecule has 2 atom stereocenters. The number of rotatable bonds is 6. The number of benzene rings is 1. The lowest BCUT2D eigenvalue weighted by molar-refractivity contribution is -0.120. The summed E-state index contributed by atoms with van der Waals surface area (Å²) in [6, 6.07) is 7.98. The first-order chi connectivity index (χ1) is 8.52. The quantitative estimate of drug-likeness (QED) is 0.833. The van der Waals surface area contributed by atoms with E-state index in [1.807, 2.05) is 45.0 Å². The summed E-state index contributed by atoms with van der Waals surface area (Å²) in [6.45, 7) is 6.38. The van der Waals surface area contributed by atoms with Crippen molar-refractivity contribution in [2.75, 3.05) is 6.54 Å². The Kier molecular flexibility index (Phi) is 6.16. The maximum atomic E-state index is 11.6. The van der Waals surface area contributed by atoms with Gasteiger partial charge in [-0.2, -0.15) is 0 Å². The summed E-state index contributed by atoms with van der Waals surface area (Å²) in [6.07, 6.45) is 0.940. The number of amides is 1. The minimum Gasteiger partial charge on any atom is -0.353 e. The largest absolute Gasteiger partial charge is 0.353 e. The summed E-state index contributed by atoms with van der Waals surface area (Å²) in [7, 11) is 0. The Bertz CT molecular complexity index is 395. The minimum absolute atomic E-state index is 0.0261. The van der Waals surface area contributed by atoms with Gasteiger partial charge >= 0.3 is 0 Å². The van der Waals surface area contributed by atoms with Crippen LogP contribution in [-0.2, 0) is 4.79 Å². The maximum Gasteiger partial charge on any atom is 0.234 e. The molecule has 0 saturated carbocycles. The van der Waals surface area contributed by atoms with Crippen LogP contribution in [0, 0.1) is 0 Å². The Morgan fingerprint density at radius 3 is 2.72 bits per heavy atom. The third kappa shape index (κ3) is 5.07. The van der Waals surface area contributed by atoms with Crippen LogP contribution in [0.4, 0.5) is 0 Å². The van der Waals surface area contributed by atoms with Crippen molar-refractivity contribution >= 4 is 17.5 Å². The Morgan fingerprint density at radius 1 is 1.39 bits per heavy atom. The fraction of sp³-hybridized carbons (Fsp3) is 0.500. The number of nitrogens with one attached hydrogen (secondary N) is 2. The summed E-state index contributed by atoms with van der Waals surface area (Å²) in [5, 5.41) is 6.82. The minimum atomic E-state index is 0.0261. The molecule has 18 heavy (non-hydrogen) atoms. The van der Waals surface area contributed by atoms with Crippen LogP contribution in [0.25, 0.3) is 0 Å². The predicted octanol–water partition coefficient (Wildman–Crippen LogP) is 2.91. The lowest BCUT2D eigenvalue weighted by Gasteiger charge is -2.16. The highest BCUT2D eigenvalue weighted by molar-refractivity contribution is 6.30. The highest BCUT2D eigenvalue weighted by atomic mass is 35.5. The van der Waals surface area contributed by atoms with Crippen molar-refractivity contribution in [2.45, 2.75) is 39.3 Å². The molecule has 1 aromatic rings. The smallest absolute Gasteiger partial charge is 0.234 e. The van der Waals surface area contributed by atoms with Gasteiger partial charge in [-0.05, 0) is 38.0 Å². The zero-order chi connectivity index (χ0) is 13.5. The molecule has 0 aliphatic carbocycles. The molecule has 4 heteroatoms. The van der Waals surface area contributed by atoms with Crippen LogP contribution in [0.3, 0.4) is 0 Å². The van der Waals surface area contributed by atoms with E-state index in [-0.39, 0.29) is 18.0 Å². The topological polar surface area (TPSA) is 41.1 Å². The molecule has 0 saturated heterocycles. The summed E-state index contributed by atoms with van der Waals surface area (Å²) in [5.41, 5.74) is 1.08. The lowest BCUT2D eigenvalue weighted by atomic mass is 10.1. The molecule has 0 fully saturated rings. The van der Waals surface area contributed by atoms with E-state index in [1.54, 1.807) is 0 Å². The Labute approximate surface area is 114 Å². The second kappa shape index (κ2) is 7.39. The normalized spacial score (nSPS) is 14.0. The van der Waals surface area contributed by atoms with Crippen molar-refractivity contribution in [3.8, 4) is 0 Å². The monoisotopic (exact) mass is 268 g/mol. The molecule has 3 nitrogen and oxygen atoms in total. The first kappa shape index (κ1) is 15.0. The van der Waals surface area contributed by atoms with Crippen LogP contribution in [-0.4, -0.2) is 18.5 Å². The van der Waals surface area contributed by atoms with E-state index >= 15 is 0 Å². The molecular weight excluding hydrogens is 248 g/mol. The number of carbonyl (C=O) groups excluding carboxylic acids is 1. The SMILES string of the molecule is CCC(C)NC(=O)CN[C@H](C)c1cccc(Cl)c1. The lowest BCUT2D eigenvalue weighted by Crippen LogP contribution is -2.39. The van der Waals surface area contributed by atoms with Gasteiger partial charge in [0.2, 0.25) is 5.91 Å². The molecule has 0 aliphatic rings. The van der Waals surface area contributed by atoms with Crippen LogP contribution in [0.5, 0.6) is 0 Å². The summed E-state index contributed by atoms with van der Waals surface area (Å²) in [5.74, 6) is 0.0261. The molecule has 1 rings (SSSR count). The van der Waals surface area contributed by atoms with Crippen LogP contribution in [0.2, 0.25) is 5.02 Å². The number of carbonyl (C=O) groups is 1. The zero-order valence-electron chi connectivity index (χ0n) is 11.2. The summed E-state index contributed by atoms with van der Waals surface area (Å²) >= 11 is 5.93. The van der Waals surface area contributed by atoms with Gasteiger partial charge in [-0.15, -0.1) is 0 Å². The maximum absolute atomic E-state index is 11.6. The van der Waals surface area contributed by atoms with Crippen LogP contribution in [0.1, 0.15) is 38.8 Å². The van der Waals surface area contributed by atoms with Crippen molar-refractivity contribution in [1.29, 1.82) is 0 Å². The van der Waals surface area contributed by atoms with E-state index in [0.717, 1.165) is 12.0 Å². The molecule has 1 aromatic carbocycles. The van der Waals surface area contributed by atoms with Crippen molar-refractivity contribution in [2.24, 2.45) is 0 Å². The van der Waals surface area contributed by atoms with Gasteiger partial charge in [0.05, 0.1) is 6.54 Å². The van der Waals surface area contributed by atoms with Crippen molar-refractivity contribution in [3.05, 3.63) is 34.9 Å². The van der Waals surface area contributed by atoms with E-state index in [2.05, 4.69) is 10.6 Å². The molecule has 0 aromatic heterocycles. The van der Waals surface area contributed by atoms with Gasteiger partial charge in [-0.3, -0.25) is 4.79 Å². The number of halogens is 1.